The van der Waals surface area contributed by atoms with Gasteiger partial charge in [-0.05, 0) is 13.3 Å². The summed E-state index contributed by atoms with van der Waals surface area (Å²) in [5, 5.41) is -0.152. The Hall–Kier alpha value is -1.08. The number of halogens is 1. The van der Waals surface area contributed by atoms with Crippen LogP contribution in [0.5, 0.6) is 0 Å². The SMILES string of the molecule is Cc1nc(S(=O)(=O)Cl)cn1CCCC(=O)N(C)C. The molecule has 1 rings (SSSR count). The van der Waals surface area contributed by atoms with E-state index in [0.29, 0.717) is 25.2 Å². The maximum atomic E-state index is 11.4. The molecule has 1 heterocycles. The quantitative estimate of drug-likeness (QED) is 0.759. The normalized spacial score (nSPS) is 11.6. The fourth-order valence-corrected chi connectivity index (χ4v) is 2.16. The van der Waals surface area contributed by atoms with Crippen molar-refractivity contribution in [1.29, 1.82) is 0 Å². The lowest BCUT2D eigenvalue weighted by Gasteiger charge is -2.10. The van der Waals surface area contributed by atoms with Crippen molar-refractivity contribution < 1.29 is 13.2 Å². The molecule has 1 aromatic rings. The molecule has 0 bridgehead atoms. The van der Waals surface area contributed by atoms with Crippen LogP contribution < -0.4 is 0 Å². The van der Waals surface area contributed by atoms with E-state index in [9.17, 15) is 13.2 Å². The Labute approximate surface area is 111 Å². The van der Waals surface area contributed by atoms with Crippen LogP contribution in [0.1, 0.15) is 18.7 Å². The first-order valence-electron chi connectivity index (χ1n) is 5.40. The van der Waals surface area contributed by atoms with Gasteiger partial charge in [-0.15, -0.1) is 0 Å². The van der Waals surface area contributed by atoms with Gasteiger partial charge in [0.2, 0.25) is 5.91 Å². The van der Waals surface area contributed by atoms with E-state index in [1.54, 1.807) is 25.6 Å². The average Bonchev–Trinajstić information content (AvgIpc) is 2.59. The van der Waals surface area contributed by atoms with Crippen molar-refractivity contribution in [2.24, 2.45) is 0 Å². The first kappa shape index (κ1) is 15.0. The van der Waals surface area contributed by atoms with Crippen molar-refractivity contribution in [2.75, 3.05) is 14.1 Å². The number of carbonyl (C=O) groups is 1. The van der Waals surface area contributed by atoms with Gasteiger partial charge in [-0.1, -0.05) is 0 Å². The second-order valence-corrected chi connectivity index (χ2v) is 6.66. The van der Waals surface area contributed by atoms with Crippen LogP contribution in [0.15, 0.2) is 11.2 Å². The average molecular weight is 294 g/mol. The van der Waals surface area contributed by atoms with Gasteiger partial charge in [-0.3, -0.25) is 4.79 Å². The molecule has 0 unspecified atom stereocenters. The minimum Gasteiger partial charge on any atom is -0.349 e. The molecule has 102 valence electrons. The predicted octanol–water partition coefficient (Wildman–Crippen LogP) is 0.987. The molecule has 0 fully saturated rings. The van der Waals surface area contributed by atoms with Crippen molar-refractivity contribution in [3.05, 3.63) is 12.0 Å². The van der Waals surface area contributed by atoms with Gasteiger partial charge in [0.05, 0.1) is 0 Å². The number of hydrogen-bond acceptors (Lipinski definition) is 4. The summed E-state index contributed by atoms with van der Waals surface area (Å²) in [5.74, 6) is 0.601. The van der Waals surface area contributed by atoms with Crippen LogP contribution in [-0.2, 0) is 20.4 Å². The summed E-state index contributed by atoms with van der Waals surface area (Å²) < 4.78 is 23.9. The fraction of sp³-hybridized carbons (Fsp3) is 0.600. The molecule has 8 heteroatoms. The molecule has 0 saturated heterocycles. The van der Waals surface area contributed by atoms with E-state index in [1.807, 2.05) is 0 Å². The van der Waals surface area contributed by atoms with Crippen molar-refractivity contribution in [3.63, 3.8) is 0 Å². The van der Waals surface area contributed by atoms with Crippen LogP contribution in [0.3, 0.4) is 0 Å². The first-order chi connectivity index (χ1) is 8.21. The number of rotatable bonds is 5. The zero-order valence-electron chi connectivity index (χ0n) is 10.6. The number of imidazole rings is 1. The Kier molecular flexibility index (Phi) is 4.75. The third-order valence-corrected chi connectivity index (χ3v) is 3.66. The van der Waals surface area contributed by atoms with Crippen LogP contribution in [0.4, 0.5) is 0 Å². The molecule has 0 aromatic carbocycles. The zero-order valence-corrected chi connectivity index (χ0v) is 12.1. The monoisotopic (exact) mass is 293 g/mol. The van der Waals surface area contributed by atoms with Crippen LogP contribution in [0.2, 0.25) is 0 Å². The highest BCUT2D eigenvalue weighted by Gasteiger charge is 2.16. The highest BCUT2D eigenvalue weighted by molar-refractivity contribution is 8.13. The number of nitrogens with zero attached hydrogens (tertiary/aromatic N) is 3. The molecule has 0 aliphatic rings. The van der Waals surface area contributed by atoms with E-state index in [4.69, 9.17) is 10.7 Å². The molecule has 1 amide bonds. The van der Waals surface area contributed by atoms with Gasteiger partial charge >= 0.3 is 0 Å². The molecule has 0 atom stereocenters. The number of hydrogen-bond donors (Lipinski definition) is 0. The summed E-state index contributed by atoms with van der Waals surface area (Å²) in [5.41, 5.74) is 0. The van der Waals surface area contributed by atoms with E-state index in [-0.39, 0.29) is 10.9 Å². The Morgan fingerprint density at radius 2 is 2.11 bits per heavy atom. The summed E-state index contributed by atoms with van der Waals surface area (Å²) in [6, 6.07) is 0. The molecular weight excluding hydrogens is 278 g/mol. The predicted molar refractivity (Wildman–Crippen MR) is 67.9 cm³/mol. The topological polar surface area (TPSA) is 72.3 Å². The fourth-order valence-electron chi connectivity index (χ4n) is 1.45. The highest BCUT2D eigenvalue weighted by atomic mass is 35.7. The van der Waals surface area contributed by atoms with Gasteiger partial charge in [0.15, 0.2) is 5.03 Å². The summed E-state index contributed by atoms with van der Waals surface area (Å²) in [6.07, 6.45) is 2.42. The lowest BCUT2D eigenvalue weighted by Crippen LogP contribution is -2.21. The number of aryl methyl sites for hydroxylation is 2. The molecule has 0 saturated carbocycles. The minimum absolute atomic E-state index is 0.0398. The Bertz CT molecular complexity index is 537. The molecule has 18 heavy (non-hydrogen) atoms. The standard InChI is InChI=1S/C10H16ClN3O3S/c1-8-12-9(18(11,16)17)7-14(8)6-4-5-10(15)13(2)3/h7H,4-6H2,1-3H3. The maximum Gasteiger partial charge on any atom is 0.280 e. The van der Waals surface area contributed by atoms with Gasteiger partial charge in [-0.25, -0.2) is 13.4 Å². The number of carbonyl (C=O) groups excluding carboxylic acids is 1. The second-order valence-electron chi connectivity index (χ2n) is 4.15. The van der Waals surface area contributed by atoms with Gasteiger partial charge in [-0.2, -0.15) is 0 Å². The molecular formula is C10H16ClN3O3S. The van der Waals surface area contributed by atoms with Crippen LogP contribution in [0.25, 0.3) is 0 Å². The lowest BCUT2D eigenvalue weighted by molar-refractivity contribution is -0.128. The number of amides is 1. The Morgan fingerprint density at radius 3 is 2.56 bits per heavy atom. The van der Waals surface area contributed by atoms with Crippen LogP contribution >= 0.6 is 10.7 Å². The second kappa shape index (κ2) is 5.71. The van der Waals surface area contributed by atoms with Gasteiger partial charge < -0.3 is 9.47 Å². The smallest absolute Gasteiger partial charge is 0.280 e. The van der Waals surface area contributed by atoms with E-state index >= 15 is 0 Å². The van der Waals surface area contributed by atoms with Crippen molar-refractivity contribution in [3.8, 4) is 0 Å². The van der Waals surface area contributed by atoms with Crippen molar-refractivity contribution in [2.45, 2.75) is 31.3 Å². The van der Waals surface area contributed by atoms with Gasteiger partial charge in [0.25, 0.3) is 9.05 Å². The van der Waals surface area contributed by atoms with Crippen LogP contribution in [-0.4, -0.2) is 42.9 Å². The molecule has 6 nitrogen and oxygen atoms in total. The summed E-state index contributed by atoms with van der Waals surface area (Å²) >= 11 is 0. The van der Waals surface area contributed by atoms with Gasteiger partial charge in [0.1, 0.15) is 5.82 Å². The Morgan fingerprint density at radius 1 is 1.50 bits per heavy atom. The van der Waals surface area contributed by atoms with E-state index in [0.717, 1.165) is 0 Å². The summed E-state index contributed by atoms with van der Waals surface area (Å²) in [6.45, 7) is 2.23. The first-order valence-corrected chi connectivity index (χ1v) is 7.71. The molecule has 0 aliphatic carbocycles. The lowest BCUT2D eigenvalue weighted by atomic mass is 10.3. The summed E-state index contributed by atoms with van der Waals surface area (Å²) in [7, 11) is 4.81. The molecule has 0 spiro atoms. The largest absolute Gasteiger partial charge is 0.349 e. The molecule has 0 aliphatic heterocycles. The molecule has 0 radical (unpaired) electrons. The Balaban J connectivity index is 2.64. The van der Waals surface area contributed by atoms with E-state index < -0.39 is 9.05 Å². The minimum atomic E-state index is -3.79. The van der Waals surface area contributed by atoms with E-state index in [2.05, 4.69) is 4.98 Å². The number of aromatic nitrogens is 2. The maximum absolute atomic E-state index is 11.4. The van der Waals surface area contributed by atoms with Crippen molar-refractivity contribution in [1.82, 2.24) is 14.5 Å². The molecule has 0 N–H and O–H groups in total. The van der Waals surface area contributed by atoms with Crippen LogP contribution in [0, 0.1) is 6.92 Å². The van der Waals surface area contributed by atoms with Crippen molar-refractivity contribution >= 4 is 25.6 Å². The molecule has 1 aromatic heterocycles. The highest BCUT2D eigenvalue weighted by Crippen LogP contribution is 2.14. The summed E-state index contributed by atoms with van der Waals surface area (Å²) in [4.78, 5) is 16.8. The zero-order chi connectivity index (χ0) is 13.9. The third-order valence-electron chi connectivity index (χ3n) is 2.49. The third kappa shape index (κ3) is 3.99. The van der Waals surface area contributed by atoms with E-state index in [1.165, 1.54) is 11.1 Å². The van der Waals surface area contributed by atoms with Gasteiger partial charge in [0, 0.05) is 43.9 Å².